The molecule has 0 saturated carbocycles. The van der Waals surface area contributed by atoms with E-state index in [9.17, 15) is 4.79 Å². The second-order valence-electron chi connectivity index (χ2n) is 2.98. The van der Waals surface area contributed by atoms with Gasteiger partial charge in [-0.1, -0.05) is 0 Å². The first kappa shape index (κ1) is 9.48. The molecule has 2 rings (SSSR count). The van der Waals surface area contributed by atoms with Gasteiger partial charge >= 0.3 is 0 Å². The summed E-state index contributed by atoms with van der Waals surface area (Å²) in [4.78, 5) is 10.1. The summed E-state index contributed by atoms with van der Waals surface area (Å²) >= 11 is 0. The van der Waals surface area contributed by atoms with Crippen LogP contribution < -0.4 is 16.0 Å². The molecular weight excluding hydrogens is 154 g/mol. The molecule has 2 fully saturated rings. The van der Waals surface area contributed by atoms with E-state index < -0.39 is 0 Å². The predicted octanol–water partition coefficient (Wildman–Crippen LogP) is -0.577. The molecule has 0 atom stereocenters. The van der Waals surface area contributed by atoms with Crippen LogP contribution >= 0.6 is 0 Å². The van der Waals surface area contributed by atoms with E-state index in [1.165, 1.54) is 19.5 Å². The van der Waals surface area contributed by atoms with Crippen molar-refractivity contribution >= 4 is 5.91 Å². The summed E-state index contributed by atoms with van der Waals surface area (Å²) in [7, 11) is 0. The molecule has 0 aromatic heterocycles. The molecular formula is C8H17N3O. The Morgan fingerprint density at radius 1 is 1.00 bits per heavy atom. The van der Waals surface area contributed by atoms with Gasteiger partial charge in [0.15, 0.2) is 0 Å². The average Bonchev–Trinajstić information content (AvgIpc) is 2.60. The Balaban J connectivity index is 0.000000120. The lowest BCUT2D eigenvalue weighted by molar-refractivity contribution is -0.119. The fraction of sp³-hybridized carbons (Fsp3) is 0.875. The molecule has 0 aromatic carbocycles. The van der Waals surface area contributed by atoms with E-state index in [1.807, 2.05) is 0 Å². The lowest BCUT2D eigenvalue weighted by atomic mass is 10.4. The molecule has 2 heterocycles. The van der Waals surface area contributed by atoms with E-state index in [2.05, 4.69) is 16.0 Å². The third-order valence-corrected chi connectivity index (χ3v) is 1.86. The number of nitrogens with one attached hydrogen (secondary N) is 3. The second-order valence-corrected chi connectivity index (χ2v) is 2.98. The molecule has 0 unspecified atom stereocenters. The maximum atomic E-state index is 10.1. The van der Waals surface area contributed by atoms with Crippen LogP contribution in [0.4, 0.5) is 0 Å². The van der Waals surface area contributed by atoms with Gasteiger partial charge < -0.3 is 16.0 Å². The number of carbonyl (C=O) groups excluding carboxylic acids is 1. The van der Waals surface area contributed by atoms with E-state index in [-0.39, 0.29) is 5.91 Å². The Labute approximate surface area is 73.1 Å². The van der Waals surface area contributed by atoms with Gasteiger partial charge in [0.1, 0.15) is 0 Å². The molecule has 0 aliphatic carbocycles. The van der Waals surface area contributed by atoms with Crippen LogP contribution in [-0.4, -0.2) is 32.2 Å². The van der Waals surface area contributed by atoms with Crippen molar-refractivity contribution in [2.45, 2.75) is 19.3 Å². The van der Waals surface area contributed by atoms with Gasteiger partial charge in [0.2, 0.25) is 5.91 Å². The standard InChI is InChI=1S/C4H10N2.C4H7NO/c1-2-5-4-6-3-1;6-4-2-1-3-5-4/h5-6H,1-4H2;1-3H2,(H,5,6). The molecule has 0 radical (unpaired) electrons. The summed E-state index contributed by atoms with van der Waals surface area (Å²) in [5.41, 5.74) is 0. The van der Waals surface area contributed by atoms with Crippen LogP contribution in [0.5, 0.6) is 0 Å². The summed E-state index contributed by atoms with van der Waals surface area (Å²) in [5, 5.41) is 9.03. The minimum absolute atomic E-state index is 0.204. The molecule has 4 nitrogen and oxygen atoms in total. The van der Waals surface area contributed by atoms with Gasteiger partial charge in [-0.05, 0) is 25.9 Å². The predicted molar refractivity (Wildman–Crippen MR) is 47.7 cm³/mol. The maximum absolute atomic E-state index is 10.1. The van der Waals surface area contributed by atoms with Crippen LogP contribution in [0.15, 0.2) is 0 Å². The number of hydrogen-bond acceptors (Lipinski definition) is 3. The van der Waals surface area contributed by atoms with Crippen LogP contribution in [0.1, 0.15) is 19.3 Å². The van der Waals surface area contributed by atoms with Crippen molar-refractivity contribution in [3.8, 4) is 0 Å². The smallest absolute Gasteiger partial charge is 0.220 e. The van der Waals surface area contributed by atoms with Gasteiger partial charge in [0.05, 0.1) is 0 Å². The fourth-order valence-corrected chi connectivity index (χ4v) is 1.17. The van der Waals surface area contributed by atoms with Crippen LogP contribution in [0.2, 0.25) is 0 Å². The van der Waals surface area contributed by atoms with E-state index in [0.717, 1.165) is 26.1 Å². The Bertz CT molecular complexity index is 115. The van der Waals surface area contributed by atoms with Crippen LogP contribution in [0, 0.1) is 0 Å². The number of hydrogen-bond donors (Lipinski definition) is 3. The molecule has 70 valence electrons. The molecule has 2 aliphatic rings. The lowest BCUT2D eigenvalue weighted by Gasteiger charge is -2.11. The topological polar surface area (TPSA) is 53.2 Å². The SMILES string of the molecule is C1CNCNC1.O=C1CCCN1. The zero-order valence-electron chi connectivity index (χ0n) is 7.36. The van der Waals surface area contributed by atoms with Crippen molar-refractivity contribution in [1.29, 1.82) is 0 Å². The lowest BCUT2D eigenvalue weighted by Crippen LogP contribution is -2.37. The third kappa shape index (κ3) is 4.31. The summed E-state index contributed by atoms with van der Waals surface area (Å²) in [5.74, 6) is 0.204. The van der Waals surface area contributed by atoms with Crippen molar-refractivity contribution in [2.75, 3.05) is 26.3 Å². The molecule has 2 saturated heterocycles. The van der Waals surface area contributed by atoms with Crippen molar-refractivity contribution in [3.63, 3.8) is 0 Å². The van der Waals surface area contributed by atoms with E-state index in [4.69, 9.17) is 0 Å². The van der Waals surface area contributed by atoms with Crippen molar-refractivity contribution in [1.82, 2.24) is 16.0 Å². The Kier molecular flexibility index (Phi) is 4.71. The van der Waals surface area contributed by atoms with Crippen molar-refractivity contribution in [2.24, 2.45) is 0 Å². The van der Waals surface area contributed by atoms with Crippen molar-refractivity contribution in [3.05, 3.63) is 0 Å². The Hall–Kier alpha value is -0.610. The normalized spacial score (nSPS) is 22.5. The van der Waals surface area contributed by atoms with E-state index in [1.54, 1.807) is 0 Å². The Morgan fingerprint density at radius 3 is 1.92 bits per heavy atom. The Morgan fingerprint density at radius 2 is 1.75 bits per heavy atom. The fourth-order valence-electron chi connectivity index (χ4n) is 1.17. The zero-order valence-corrected chi connectivity index (χ0v) is 7.36. The monoisotopic (exact) mass is 171 g/mol. The molecule has 12 heavy (non-hydrogen) atoms. The van der Waals surface area contributed by atoms with Crippen LogP contribution in [-0.2, 0) is 4.79 Å². The van der Waals surface area contributed by atoms with Gasteiger partial charge in [-0.15, -0.1) is 0 Å². The van der Waals surface area contributed by atoms with Gasteiger partial charge in [0, 0.05) is 19.6 Å². The van der Waals surface area contributed by atoms with Crippen LogP contribution in [0.3, 0.4) is 0 Å². The number of carbonyl (C=O) groups is 1. The van der Waals surface area contributed by atoms with Crippen molar-refractivity contribution < 1.29 is 4.79 Å². The van der Waals surface area contributed by atoms with Gasteiger partial charge in [-0.25, -0.2) is 0 Å². The molecule has 0 bridgehead atoms. The molecule has 0 spiro atoms. The van der Waals surface area contributed by atoms with Gasteiger partial charge in [-0.3, -0.25) is 4.79 Å². The first-order valence-electron chi connectivity index (χ1n) is 4.58. The number of amides is 1. The summed E-state index contributed by atoms with van der Waals surface area (Å²) in [6, 6.07) is 0. The first-order valence-corrected chi connectivity index (χ1v) is 4.58. The summed E-state index contributed by atoms with van der Waals surface area (Å²) in [6.45, 7) is 4.26. The second kappa shape index (κ2) is 5.97. The van der Waals surface area contributed by atoms with E-state index in [0.29, 0.717) is 0 Å². The highest BCUT2D eigenvalue weighted by Gasteiger charge is 2.05. The van der Waals surface area contributed by atoms with Crippen LogP contribution in [0.25, 0.3) is 0 Å². The largest absolute Gasteiger partial charge is 0.356 e. The molecule has 0 aromatic rings. The summed E-state index contributed by atoms with van der Waals surface area (Å²) in [6.07, 6.45) is 3.04. The molecule has 1 amide bonds. The quantitative estimate of drug-likeness (QED) is 0.457. The molecule has 2 aliphatic heterocycles. The summed E-state index contributed by atoms with van der Waals surface area (Å²) < 4.78 is 0. The van der Waals surface area contributed by atoms with Gasteiger partial charge in [0.25, 0.3) is 0 Å². The minimum atomic E-state index is 0.204. The molecule has 3 N–H and O–H groups in total. The maximum Gasteiger partial charge on any atom is 0.220 e. The molecule has 4 heteroatoms. The highest BCUT2D eigenvalue weighted by Crippen LogP contribution is 1.93. The zero-order chi connectivity index (χ0) is 8.65. The number of rotatable bonds is 0. The van der Waals surface area contributed by atoms with Gasteiger partial charge in [-0.2, -0.15) is 0 Å². The van der Waals surface area contributed by atoms with E-state index >= 15 is 0 Å². The highest BCUT2D eigenvalue weighted by molar-refractivity contribution is 5.77. The third-order valence-electron chi connectivity index (χ3n) is 1.86. The first-order chi connectivity index (χ1) is 5.89. The minimum Gasteiger partial charge on any atom is -0.356 e. The highest BCUT2D eigenvalue weighted by atomic mass is 16.1. The average molecular weight is 171 g/mol.